The van der Waals surface area contributed by atoms with Crippen molar-refractivity contribution in [2.24, 2.45) is 0 Å². The summed E-state index contributed by atoms with van der Waals surface area (Å²) < 4.78 is 0. The van der Waals surface area contributed by atoms with Crippen LogP contribution in [0.5, 0.6) is 0 Å². The first-order valence-electron chi connectivity index (χ1n) is 15.5. The molecule has 2 aromatic heterocycles. The molecule has 7 aromatic rings. The minimum atomic E-state index is -0.299. The molecule has 0 aliphatic carbocycles. The van der Waals surface area contributed by atoms with Gasteiger partial charge < -0.3 is 10.6 Å². The molecule has 0 saturated heterocycles. The van der Waals surface area contributed by atoms with E-state index in [-0.39, 0.29) is 11.8 Å². The van der Waals surface area contributed by atoms with Gasteiger partial charge >= 0.3 is 0 Å². The van der Waals surface area contributed by atoms with Crippen molar-refractivity contribution in [1.82, 2.24) is 9.97 Å². The smallest absolute Gasteiger partial charge is 0.256 e. The number of aromatic nitrogens is 2. The summed E-state index contributed by atoms with van der Waals surface area (Å²) in [6.45, 7) is 6.02. The lowest BCUT2D eigenvalue weighted by Crippen LogP contribution is -2.18. The van der Waals surface area contributed by atoms with Gasteiger partial charge in [-0.1, -0.05) is 102 Å². The van der Waals surface area contributed by atoms with Crippen LogP contribution in [0.25, 0.3) is 44.3 Å². The molecule has 7 rings (SSSR count). The van der Waals surface area contributed by atoms with Crippen LogP contribution >= 0.6 is 0 Å². The Balaban J connectivity index is 1.24. The highest BCUT2D eigenvalue weighted by molar-refractivity contribution is 6.17. The number of carbonyl (C=O) groups is 2. The van der Waals surface area contributed by atoms with Gasteiger partial charge in [0.05, 0.1) is 44.9 Å². The molecule has 0 fully saturated rings. The van der Waals surface area contributed by atoms with Gasteiger partial charge in [-0.15, -0.1) is 0 Å². The summed E-state index contributed by atoms with van der Waals surface area (Å²) >= 11 is 0. The molecule has 0 bridgehead atoms. The van der Waals surface area contributed by atoms with Crippen molar-refractivity contribution in [1.29, 1.82) is 0 Å². The van der Waals surface area contributed by atoms with E-state index in [9.17, 15) is 9.59 Å². The van der Waals surface area contributed by atoms with Gasteiger partial charge in [-0.25, -0.2) is 9.97 Å². The zero-order chi connectivity index (χ0) is 32.5. The minimum absolute atomic E-state index is 0.297. The summed E-state index contributed by atoms with van der Waals surface area (Å²) in [6.07, 6.45) is 0. The molecular formula is C41H32N4O2. The number of nitrogens with one attached hydrogen (secondary N) is 2. The van der Waals surface area contributed by atoms with Gasteiger partial charge in [0.1, 0.15) is 0 Å². The highest BCUT2D eigenvalue weighted by Crippen LogP contribution is 2.30. The lowest BCUT2D eigenvalue weighted by molar-refractivity contribution is 0.101. The minimum Gasteiger partial charge on any atom is -0.320 e. The molecule has 47 heavy (non-hydrogen) atoms. The number of hydrogen-bond acceptors (Lipinski definition) is 4. The third kappa shape index (κ3) is 6.09. The van der Waals surface area contributed by atoms with Crippen LogP contribution in [0.15, 0.2) is 127 Å². The second-order valence-corrected chi connectivity index (χ2v) is 11.8. The zero-order valence-corrected chi connectivity index (χ0v) is 26.3. The Kier molecular flexibility index (Phi) is 7.76. The van der Waals surface area contributed by atoms with E-state index in [0.717, 1.165) is 49.6 Å². The monoisotopic (exact) mass is 612 g/mol. The van der Waals surface area contributed by atoms with E-state index in [1.807, 2.05) is 148 Å². The number of aryl methyl sites for hydroxylation is 3. The number of carbonyl (C=O) groups excluding carboxylic acids is 2. The number of amides is 2. The molecule has 6 nitrogen and oxygen atoms in total. The van der Waals surface area contributed by atoms with E-state index < -0.39 is 0 Å². The number of fused-ring (bicyclic) bond motifs is 2. The Morgan fingerprint density at radius 3 is 1.38 bits per heavy atom. The fourth-order valence-electron chi connectivity index (χ4n) is 5.72. The number of anilines is 2. The van der Waals surface area contributed by atoms with Crippen LogP contribution < -0.4 is 10.6 Å². The van der Waals surface area contributed by atoms with E-state index in [1.54, 1.807) is 0 Å². The molecule has 2 heterocycles. The quantitative estimate of drug-likeness (QED) is 0.196. The molecule has 0 spiro atoms. The van der Waals surface area contributed by atoms with Gasteiger partial charge in [0, 0.05) is 21.9 Å². The first kappa shape index (κ1) is 29.6. The third-order valence-corrected chi connectivity index (χ3v) is 8.29. The van der Waals surface area contributed by atoms with Crippen LogP contribution in [0.1, 0.15) is 37.4 Å². The van der Waals surface area contributed by atoms with Crippen molar-refractivity contribution < 1.29 is 9.59 Å². The number of benzene rings is 5. The van der Waals surface area contributed by atoms with E-state index in [0.29, 0.717) is 33.9 Å². The molecule has 2 N–H and O–H groups in total. The Morgan fingerprint density at radius 1 is 0.468 bits per heavy atom. The molecule has 5 aromatic carbocycles. The second-order valence-electron chi connectivity index (χ2n) is 11.8. The van der Waals surface area contributed by atoms with Gasteiger partial charge in [0.25, 0.3) is 11.8 Å². The van der Waals surface area contributed by atoms with Crippen molar-refractivity contribution in [3.63, 3.8) is 0 Å². The van der Waals surface area contributed by atoms with Crippen molar-refractivity contribution in [2.45, 2.75) is 20.8 Å². The van der Waals surface area contributed by atoms with Gasteiger partial charge in [0.2, 0.25) is 0 Å². The Morgan fingerprint density at radius 2 is 0.894 bits per heavy atom. The lowest BCUT2D eigenvalue weighted by Gasteiger charge is -2.16. The van der Waals surface area contributed by atoms with Crippen LogP contribution in [-0.2, 0) is 0 Å². The molecule has 0 atom stereocenters. The molecular weight excluding hydrogens is 580 g/mol. The number of nitrogens with zero attached hydrogens (tertiary/aromatic N) is 2. The predicted molar refractivity (Wildman–Crippen MR) is 191 cm³/mol. The first-order chi connectivity index (χ1) is 22.8. The van der Waals surface area contributed by atoms with Crippen LogP contribution in [0.2, 0.25) is 0 Å². The van der Waals surface area contributed by atoms with E-state index >= 15 is 0 Å². The normalized spacial score (nSPS) is 11.0. The molecule has 0 radical (unpaired) electrons. The standard InChI is InChI=1S/C41H32N4O2/c1-25-12-17-28(18-13-25)37-23-32(30-8-4-6-10-34(30)42-37)40(46)44-36-21-16-27(3)22-39(36)45-41(47)33-24-38(29-19-14-26(2)15-20-29)43-35-11-7-5-9-31(33)35/h4-24H,1-3H3,(H,44,46)(H,45,47). The van der Waals surface area contributed by atoms with Crippen LogP contribution in [0.3, 0.4) is 0 Å². The first-order valence-corrected chi connectivity index (χ1v) is 15.5. The van der Waals surface area contributed by atoms with Gasteiger partial charge in [-0.2, -0.15) is 0 Å². The molecule has 2 amide bonds. The number of para-hydroxylation sites is 2. The van der Waals surface area contributed by atoms with Crippen LogP contribution in [0.4, 0.5) is 11.4 Å². The van der Waals surface area contributed by atoms with Crippen LogP contribution in [0, 0.1) is 20.8 Å². The summed E-state index contributed by atoms with van der Waals surface area (Å²) in [5, 5.41) is 7.65. The lowest BCUT2D eigenvalue weighted by atomic mass is 10.0. The molecule has 0 unspecified atom stereocenters. The molecule has 0 saturated carbocycles. The number of pyridine rings is 2. The Hall–Kier alpha value is -6.14. The highest BCUT2D eigenvalue weighted by atomic mass is 16.2. The van der Waals surface area contributed by atoms with Gasteiger partial charge in [-0.05, 0) is 62.7 Å². The highest BCUT2D eigenvalue weighted by Gasteiger charge is 2.19. The van der Waals surface area contributed by atoms with E-state index in [1.165, 1.54) is 0 Å². The Bertz CT molecular complexity index is 2310. The van der Waals surface area contributed by atoms with Gasteiger partial charge in [0.15, 0.2) is 0 Å². The maximum atomic E-state index is 14.0. The maximum Gasteiger partial charge on any atom is 0.256 e. The van der Waals surface area contributed by atoms with Crippen molar-refractivity contribution in [3.8, 4) is 22.5 Å². The predicted octanol–water partition coefficient (Wildman–Crippen LogP) is 9.55. The van der Waals surface area contributed by atoms with Gasteiger partial charge in [-0.3, -0.25) is 9.59 Å². The maximum absolute atomic E-state index is 14.0. The Labute approximate surface area is 273 Å². The molecule has 6 heteroatoms. The fourth-order valence-corrected chi connectivity index (χ4v) is 5.72. The number of rotatable bonds is 6. The zero-order valence-electron chi connectivity index (χ0n) is 26.3. The summed E-state index contributed by atoms with van der Waals surface area (Å²) in [7, 11) is 0. The van der Waals surface area contributed by atoms with Crippen molar-refractivity contribution >= 4 is 45.0 Å². The van der Waals surface area contributed by atoms with Crippen molar-refractivity contribution in [3.05, 3.63) is 155 Å². The summed E-state index contributed by atoms with van der Waals surface area (Å²) in [5.74, 6) is -0.596. The molecule has 0 aliphatic rings. The summed E-state index contributed by atoms with van der Waals surface area (Å²) in [4.78, 5) is 37.7. The van der Waals surface area contributed by atoms with Crippen molar-refractivity contribution in [2.75, 3.05) is 10.6 Å². The van der Waals surface area contributed by atoms with E-state index in [2.05, 4.69) is 10.6 Å². The fraction of sp³-hybridized carbons (Fsp3) is 0.0732. The number of hydrogen-bond donors (Lipinski definition) is 2. The average Bonchev–Trinajstić information content (AvgIpc) is 3.09. The average molecular weight is 613 g/mol. The topological polar surface area (TPSA) is 84.0 Å². The van der Waals surface area contributed by atoms with E-state index in [4.69, 9.17) is 9.97 Å². The molecule has 228 valence electrons. The molecule has 0 aliphatic heterocycles. The summed E-state index contributed by atoms with van der Waals surface area (Å²) in [6, 6.07) is 40.6. The summed E-state index contributed by atoms with van der Waals surface area (Å²) in [5.41, 5.74) is 9.92. The van der Waals surface area contributed by atoms with Crippen LogP contribution in [-0.4, -0.2) is 21.8 Å². The third-order valence-electron chi connectivity index (χ3n) is 8.29. The largest absolute Gasteiger partial charge is 0.320 e. The second kappa shape index (κ2) is 12.3. The SMILES string of the molecule is Cc1ccc(-c2cc(C(=O)Nc3ccc(C)cc3NC(=O)c3cc(-c4ccc(C)cc4)nc4ccccc34)c3ccccc3n2)cc1.